The summed E-state index contributed by atoms with van der Waals surface area (Å²) in [4.78, 5) is 25.0. The Kier molecular flexibility index (Phi) is 6.64. The highest BCUT2D eigenvalue weighted by atomic mass is 16.2. The average molecular weight is 377 g/mol. The molecule has 0 radical (unpaired) electrons. The molecular formula is C24H28N2O2. The fourth-order valence-corrected chi connectivity index (χ4v) is 3.97. The van der Waals surface area contributed by atoms with E-state index in [1.54, 1.807) is 0 Å². The Morgan fingerprint density at radius 3 is 2.11 bits per heavy atom. The van der Waals surface area contributed by atoms with E-state index in [4.69, 9.17) is 5.73 Å². The highest BCUT2D eigenvalue weighted by molar-refractivity contribution is 5.98. The number of amides is 2. The second kappa shape index (κ2) is 9.36. The maximum absolute atomic E-state index is 13.1. The number of hydrogen-bond acceptors (Lipinski definition) is 2. The first kappa shape index (κ1) is 19.9. The minimum absolute atomic E-state index is 0.159. The van der Waals surface area contributed by atoms with E-state index in [1.165, 1.54) is 0 Å². The van der Waals surface area contributed by atoms with Gasteiger partial charge in [-0.25, -0.2) is 0 Å². The van der Waals surface area contributed by atoms with E-state index in [0.29, 0.717) is 6.42 Å². The van der Waals surface area contributed by atoms with Crippen molar-refractivity contribution in [2.75, 3.05) is 0 Å². The predicted molar refractivity (Wildman–Crippen MR) is 113 cm³/mol. The van der Waals surface area contributed by atoms with Crippen molar-refractivity contribution >= 4 is 11.8 Å². The molecule has 0 fully saturated rings. The Labute approximate surface area is 166 Å². The lowest BCUT2D eigenvalue weighted by Gasteiger charge is -2.19. The first-order valence-corrected chi connectivity index (χ1v) is 10.0. The molecule has 2 amide bonds. The lowest BCUT2D eigenvalue weighted by Crippen LogP contribution is -2.46. The number of carbonyl (C=O) groups excluding carboxylic acids is 2. The van der Waals surface area contributed by atoms with Crippen LogP contribution in [0.4, 0.5) is 0 Å². The molecule has 4 heteroatoms. The predicted octanol–water partition coefficient (Wildman–Crippen LogP) is 4.30. The Balaban J connectivity index is 1.69. The summed E-state index contributed by atoms with van der Waals surface area (Å²) in [6.45, 7) is 3.72. The Hall–Kier alpha value is -2.88. The summed E-state index contributed by atoms with van der Waals surface area (Å²) in [5.74, 6) is -1.03. The first-order chi connectivity index (χ1) is 13.6. The maximum atomic E-state index is 13.1. The molecule has 0 spiro atoms. The normalized spacial score (nSPS) is 13.4. The van der Waals surface area contributed by atoms with Gasteiger partial charge in [0.05, 0.1) is 5.92 Å². The molecule has 146 valence electrons. The molecule has 28 heavy (non-hydrogen) atoms. The number of benzene rings is 2. The second-order valence-electron chi connectivity index (χ2n) is 7.35. The van der Waals surface area contributed by atoms with Crippen LogP contribution in [-0.2, 0) is 9.59 Å². The lowest BCUT2D eigenvalue weighted by molar-refractivity contribution is -0.127. The van der Waals surface area contributed by atoms with Gasteiger partial charge < -0.3 is 11.1 Å². The Morgan fingerprint density at radius 1 is 0.964 bits per heavy atom. The topological polar surface area (TPSA) is 72.2 Å². The third-order valence-corrected chi connectivity index (χ3v) is 5.41. The van der Waals surface area contributed by atoms with Gasteiger partial charge in [-0.3, -0.25) is 9.59 Å². The molecule has 4 nitrogen and oxygen atoms in total. The van der Waals surface area contributed by atoms with Crippen molar-refractivity contribution in [3.63, 3.8) is 0 Å². The van der Waals surface area contributed by atoms with Crippen LogP contribution in [0, 0.1) is 0 Å². The van der Waals surface area contributed by atoms with Gasteiger partial charge in [0.1, 0.15) is 6.04 Å². The minimum atomic E-state index is -0.633. The quantitative estimate of drug-likeness (QED) is 0.479. The molecular weight excluding hydrogens is 348 g/mol. The number of nitrogens with one attached hydrogen (secondary N) is 1. The highest BCUT2D eigenvalue weighted by Gasteiger charge is 2.34. The van der Waals surface area contributed by atoms with Crippen LogP contribution in [0.3, 0.4) is 0 Å². The number of nitrogens with two attached hydrogens (primary N) is 1. The summed E-state index contributed by atoms with van der Waals surface area (Å²) in [6, 6.07) is 15.3. The van der Waals surface area contributed by atoms with Gasteiger partial charge in [-0.15, -0.1) is 6.58 Å². The molecule has 0 bridgehead atoms. The third kappa shape index (κ3) is 4.33. The van der Waals surface area contributed by atoms with Crippen LogP contribution in [-0.4, -0.2) is 17.9 Å². The van der Waals surface area contributed by atoms with Crippen LogP contribution >= 0.6 is 0 Å². The molecule has 0 unspecified atom stereocenters. The molecule has 0 saturated heterocycles. The molecule has 0 saturated carbocycles. The summed E-state index contributed by atoms with van der Waals surface area (Å²) in [6.07, 6.45) is 7.58. The molecule has 2 aromatic carbocycles. The van der Waals surface area contributed by atoms with Crippen LogP contribution in [0.15, 0.2) is 61.2 Å². The van der Waals surface area contributed by atoms with Crippen LogP contribution in [0.5, 0.6) is 0 Å². The number of carbonyl (C=O) groups is 2. The third-order valence-electron chi connectivity index (χ3n) is 5.41. The van der Waals surface area contributed by atoms with Crippen molar-refractivity contribution in [3.05, 3.63) is 72.3 Å². The summed E-state index contributed by atoms with van der Waals surface area (Å²) in [5, 5.41) is 2.91. The van der Waals surface area contributed by atoms with Crippen LogP contribution in [0.2, 0.25) is 0 Å². The van der Waals surface area contributed by atoms with Gasteiger partial charge in [0.15, 0.2) is 0 Å². The smallest absolute Gasteiger partial charge is 0.240 e. The van der Waals surface area contributed by atoms with Gasteiger partial charge in [0.25, 0.3) is 0 Å². The summed E-state index contributed by atoms with van der Waals surface area (Å²) >= 11 is 0. The van der Waals surface area contributed by atoms with Gasteiger partial charge in [-0.05, 0) is 41.5 Å². The van der Waals surface area contributed by atoms with E-state index in [0.717, 1.165) is 54.4 Å². The van der Waals surface area contributed by atoms with E-state index in [9.17, 15) is 9.59 Å². The number of hydrogen-bond donors (Lipinski definition) is 2. The zero-order valence-corrected chi connectivity index (χ0v) is 16.2. The zero-order valence-electron chi connectivity index (χ0n) is 16.2. The molecule has 0 heterocycles. The van der Waals surface area contributed by atoms with Gasteiger partial charge in [0, 0.05) is 0 Å². The molecule has 3 rings (SSSR count). The molecule has 0 aromatic heterocycles. The fourth-order valence-electron chi connectivity index (χ4n) is 3.97. The van der Waals surface area contributed by atoms with E-state index in [2.05, 4.69) is 11.9 Å². The zero-order chi connectivity index (χ0) is 19.9. The van der Waals surface area contributed by atoms with Crippen LogP contribution < -0.4 is 11.1 Å². The number of allylic oxidation sites excluding steroid dienone is 1. The van der Waals surface area contributed by atoms with E-state index in [1.807, 2.05) is 54.6 Å². The van der Waals surface area contributed by atoms with E-state index in [-0.39, 0.29) is 5.91 Å². The van der Waals surface area contributed by atoms with E-state index < -0.39 is 17.9 Å². The summed E-state index contributed by atoms with van der Waals surface area (Å²) < 4.78 is 0. The summed E-state index contributed by atoms with van der Waals surface area (Å²) in [7, 11) is 0. The van der Waals surface area contributed by atoms with Crippen molar-refractivity contribution in [1.82, 2.24) is 5.32 Å². The second-order valence-corrected chi connectivity index (χ2v) is 7.35. The van der Waals surface area contributed by atoms with Crippen molar-refractivity contribution < 1.29 is 9.59 Å². The standard InChI is InChI=1S/C24H28N2O2/c1-2-3-4-5-6-7-16-21(23(25)27)26-24(28)22-19-14-10-8-12-17(19)18-13-9-11-15-20(18)22/h2,8-15,21-22H,1,3-7,16H2,(H2,25,27)(H,26,28)/t21-/m0/s1. The molecule has 2 aromatic rings. The largest absolute Gasteiger partial charge is 0.368 e. The van der Waals surface area contributed by atoms with Crippen molar-refractivity contribution in [2.45, 2.75) is 50.5 Å². The summed E-state index contributed by atoms with van der Waals surface area (Å²) in [5.41, 5.74) is 9.69. The monoisotopic (exact) mass is 376 g/mol. The van der Waals surface area contributed by atoms with Crippen molar-refractivity contribution in [3.8, 4) is 11.1 Å². The van der Waals surface area contributed by atoms with Crippen LogP contribution in [0.1, 0.15) is 55.6 Å². The van der Waals surface area contributed by atoms with E-state index >= 15 is 0 Å². The number of primary amides is 1. The maximum Gasteiger partial charge on any atom is 0.240 e. The Morgan fingerprint density at radius 2 is 1.54 bits per heavy atom. The van der Waals surface area contributed by atoms with Crippen molar-refractivity contribution in [1.29, 1.82) is 0 Å². The molecule has 0 aliphatic heterocycles. The first-order valence-electron chi connectivity index (χ1n) is 10.0. The number of unbranched alkanes of at least 4 members (excludes halogenated alkanes) is 4. The van der Waals surface area contributed by atoms with Gasteiger partial charge >= 0.3 is 0 Å². The SMILES string of the molecule is C=CCCCCCC[C@H](NC(=O)C1c2ccccc2-c2ccccc21)C(N)=O. The van der Waals surface area contributed by atoms with Crippen molar-refractivity contribution in [2.24, 2.45) is 5.73 Å². The highest BCUT2D eigenvalue weighted by Crippen LogP contribution is 2.44. The number of rotatable bonds is 10. The van der Waals surface area contributed by atoms with Gasteiger partial charge in [0.2, 0.25) is 11.8 Å². The average Bonchev–Trinajstić information content (AvgIpc) is 3.04. The molecule has 1 aliphatic carbocycles. The minimum Gasteiger partial charge on any atom is -0.368 e. The van der Waals surface area contributed by atoms with Gasteiger partial charge in [-0.1, -0.05) is 73.9 Å². The van der Waals surface area contributed by atoms with Crippen LogP contribution in [0.25, 0.3) is 11.1 Å². The number of fused-ring (bicyclic) bond motifs is 3. The molecule has 3 N–H and O–H groups in total. The fraction of sp³-hybridized carbons (Fsp3) is 0.333. The van der Waals surface area contributed by atoms with Gasteiger partial charge in [-0.2, -0.15) is 0 Å². The molecule has 1 aliphatic rings. The Bertz CT molecular complexity index is 814. The molecule has 1 atom stereocenters. The lowest BCUT2D eigenvalue weighted by atomic mass is 9.95.